The van der Waals surface area contributed by atoms with E-state index in [-0.39, 0.29) is 0 Å². The quantitative estimate of drug-likeness (QED) is 0.0959. The summed E-state index contributed by atoms with van der Waals surface area (Å²) in [4.78, 5) is 9.06. The van der Waals surface area contributed by atoms with Gasteiger partial charge in [-0.2, -0.15) is 0 Å². The zero-order valence-corrected chi connectivity index (χ0v) is 42.2. The molecule has 0 atom stereocenters. The van der Waals surface area contributed by atoms with Gasteiger partial charge in [0.2, 0.25) is 0 Å². The van der Waals surface area contributed by atoms with Crippen LogP contribution in [0.5, 0.6) is 11.5 Å². The number of hydrogen-bond acceptors (Lipinski definition) is 5. The summed E-state index contributed by atoms with van der Waals surface area (Å²) in [6, 6.07) is 109. The molecule has 77 heavy (non-hydrogen) atoms. The van der Waals surface area contributed by atoms with Crippen LogP contribution in [0, 0.1) is 0 Å². The van der Waals surface area contributed by atoms with E-state index in [0.29, 0.717) is 23.6 Å². The first-order valence-electron chi connectivity index (χ1n) is 26.8. The normalized spacial score (nSPS) is 11.2. The molecule has 5 heteroatoms. The van der Waals surface area contributed by atoms with Gasteiger partial charge in [0.05, 0.1) is 2.74 Å². The van der Waals surface area contributed by atoms with Crippen LogP contribution in [0.25, 0.3) is 22.3 Å². The number of ether oxygens (including phenoxy) is 1. The molecule has 0 aliphatic rings. The first-order valence-corrected chi connectivity index (χ1v) is 25.8. The summed E-state index contributed by atoms with van der Waals surface area (Å²) in [5.41, 5.74) is 16.6. The van der Waals surface area contributed by atoms with Gasteiger partial charge in [-0.3, -0.25) is 0 Å². The Morgan fingerprint density at radius 1 is 0.182 bits per heavy atom. The zero-order valence-electron chi connectivity index (χ0n) is 44.2. The van der Waals surface area contributed by atoms with E-state index in [1.54, 1.807) is 0 Å². The van der Waals surface area contributed by atoms with Crippen molar-refractivity contribution in [3.05, 3.63) is 328 Å². The van der Waals surface area contributed by atoms with Crippen LogP contribution in [0.3, 0.4) is 0 Å². The minimum absolute atomic E-state index is 0.490. The van der Waals surface area contributed by atoms with E-state index in [2.05, 4.69) is 238 Å². The average Bonchev–Trinajstić information content (AvgIpc) is 3.52. The van der Waals surface area contributed by atoms with E-state index in [4.69, 9.17) is 7.48 Å². The standard InChI is InChI=1S/C72H54N4O/c1-7-19-55(20-8-1)57-31-35-63(36-32-57)75(67-43-39-65(40-44-67)73(59-23-11-3-12-24-59)60-25-13-4-14-26-60)69-47-51-71(52-48-69)77-72-53-49-70(50-54-72)76(64-37-33-58(34-38-64)56-21-9-2-10-22-56)68-45-41-66(42-46-68)74(61-27-15-5-16-28-61)62-29-17-6-18-30-62/h1-54H/i1T,2T. The van der Waals surface area contributed by atoms with Crippen LogP contribution in [0.2, 0.25) is 0 Å². The highest BCUT2D eigenvalue weighted by Gasteiger charge is 2.19. The third-order valence-electron chi connectivity index (χ3n) is 13.6. The lowest BCUT2D eigenvalue weighted by Gasteiger charge is -2.28. The third-order valence-corrected chi connectivity index (χ3v) is 13.6. The number of para-hydroxylation sites is 4. The number of hydrogen-bond donors (Lipinski definition) is 0. The fourth-order valence-electron chi connectivity index (χ4n) is 9.83. The molecule has 0 amide bonds. The fourth-order valence-corrected chi connectivity index (χ4v) is 9.83. The molecular weight excluding hydrogens is 937 g/mol. The van der Waals surface area contributed by atoms with E-state index in [0.717, 1.165) is 90.5 Å². The van der Waals surface area contributed by atoms with Crippen molar-refractivity contribution in [2.24, 2.45) is 0 Å². The van der Waals surface area contributed by atoms with Gasteiger partial charge in [0, 0.05) is 68.2 Å². The van der Waals surface area contributed by atoms with Crippen LogP contribution in [-0.4, -0.2) is 0 Å². The molecule has 0 heterocycles. The van der Waals surface area contributed by atoms with Crippen LogP contribution < -0.4 is 24.3 Å². The Morgan fingerprint density at radius 2 is 0.364 bits per heavy atom. The second-order valence-electron chi connectivity index (χ2n) is 18.5. The number of anilines is 12. The van der Waals surface area contributed by atoms with Crippen LogP contribution >= 0.6 is 0 Å². The smallest absolute Gasteiger partial charge is 0.127 e. The first-order chi connectivity index (χ1) is 39.0. The van der Waals surface area contributed by atoms with Gasteiger partial charge in [-0.25, -0.2) is 0 Å². The van der Waals surface area contributed by atoms with E-state index >= 15 is 0 Å². The SMILES string of the molecule is [3H]c1ccc(-c2ccc(N(c3ccc(Oc4ccc(N(c5ccc(-c6ccc([3H])cc6)cc5)c5ccc(N(c6ccccc6)c6ccccc6)cc5)cc4)cc3)c3ccc(N(c4ccccc4)c4ccccc4)cc3)cc2)cc1. The summed E-state index contributed by atoms with van der Waals surface area (Å²) in [5.74, 6) is 1.42. The highest BCUT2D eigenvalue weighted by atomic mass is 16.5. The van der Waals surface area contributed by atoms with E-state index in [9.17, 15) is 0 Å². The van der Waals surface area contributed by atoms with Crippen molar-refractivity contribution >= 4 is 68.2 Å². The summed E-state index contributed by atoms with van der Waals surface area (Å²) in [6.45, 7) is 0. The van der Waals surface area contributed by atoms with Gasteiger partial charge in [0.15, 0.2) is 0 Å². The second kappa shape index (κ2) is 22.4. The molecule has 12 aromatic carbocycles. The predicted molar refractivity (Wildman–Crippen MR) is 323 cm³/mol. The Morgan fingerprint density at radius 3 is 0.597 bits per heavy atom. The molecule has 0 aliphatic heterocycles. The number of nitrogens with zero attached hydrogens (tertiary/aromatic N) is 4. The van der Waals surface area contributed by atoms with E-state index in [1.165, 1.54) is 0 Å². The molecule has 12 aromatic rings. The predicted octanol–water partition coefficient (Wildman–Crippen LogP) is 20.7. The summed E-state index contributed by atoms with van der Waals surface area (Å²) < 4.78 is 22.6. The lowest BCUT2D eigenvalue weighted by Crippen LogP contribution is -2.12. The molecule has 0 saturated carbocycles. The zero-order chi connectivity index (χ0) is 53.3. The number of benzene rings is 12. The summed E-state index contributed by atoms with van der Waals surface area (Å²) in [5, 5.41) is 0. The van der Waals surface area contributed by atoms with Gasteiger partial charge < -0.3 is 24.3 Å². The summed E-state index contributed by atoms with van der Waals surface area (Å²) in [6.07, 6.45) is 0. The van der Waals surface area contributed by atoms with Crippen molar-refractivity contribution in [3.8, 4) is 33.8 Å². The highest BCUT2D eigenvalue weighted by Crippen LogP contribution is 2.43. The Balaban J connectivity index is 0.839. The molecule has 368 valence electrons. The second-order valence-corrected chi connectivity index (χ2v) is 18.5. The van der Waals surface area contributed by atoms with Crippen molar-refractivity contribution < 1.29 is 7.48 Å². The maximum absolute atomic E-state index is 8.00. The molecular formula is C72H54N4O. The minimum atomic E-state index is 0.490. The Labute approximate surface area is 454 Å². The number of rotatable bonds is 16. The molecule has 0 N–H and O–H groups in total. The molecule has 0 aromatic heterocycles. The molecule has 0 saturated heterocycles. The topological polar surface area (TPSA) is 22.2 Å². The minimum Gasteiger partial charge on any atom is -0.457 e. The Hall–Kier alpha value is -10.4. The van der Waals surface area contributed by atoms with Crippen LogP contribution in [0.4, 0.5) is 68.2 Å². The van der Waals surface area contributed by atoms with Crippen LogP contribution in [0.1, 0.15) is 2.74 Å². The maximum Gasteiger partial charge on any atom is 0.127 e. The molecule has 0 fully saturated rings. The van der Waals surface area contributed by atoms with Crippen molar-refractivity contribution in [1.82, 2.24) is 0 Å². The van der Waals surface area contributed by atoms with Gasteiger partial charge in [0.1, 0.15) is 11.5 Å². The van der Waals surface area contributed by atoms with Gasteiger partial charge in [-0.15, -0.1) is 0 Å². The molecule has 0 spiro atoms. The maximum atomic E-state index is 8.00. The lowest BCUT2D eigenvalue weighted by molar-refractivity contribution is 0.483. The summed E-state index contributed by atoms with van der Waals surface area (Å²) >= 11 is 0. The largest absolute Gasteiger partial charge is 0.457 e. The van der Waals surface area contributed by atoms with Crippen molar-refractivity contribution in [3.63, 3.8) is 0 Å². The van der Waals surface area contributed by atoms with Crippen molar-refractivity contribution in [2.75, 3.05) is 19.6 Å². The van der Waals surface area contributed by atoms with Gasteiger partial charge >= 0.3 is 0 Å². The highest BCUT2D eigenvalue weighted by molar-refractivity contribution is 5.84. The lowest BCUT2D eigenvalue weighted by atomic mass is 10.0. The van der Waals surface area contributed by atoms with Gasteiger partial charge in [0.25, 0.3) is 0 Å². The first kappa shape index (κ1) is 45.3. The van der Waals surface area contributed by atoms with Gasteiger partial charge in [-0.1, -0.05) is 158 Å². The monoisotopic (exact) mass is 994 g/mol. The van der Waals surface area contributed by atoms with Crippen LogP contribution in [-0.2, 0) is 0 Å². The van der Waals surface area contributed by atoms with E-state index in [1.807, 2.05) is 97.1 Å². The van der Waals surface area contributed by atoms with Gasteiger partial charge in [-0.05, 0) is 192 Å². The molecule has 0 radical (unpaired) electrons. The molecule has 12 rings (SSSR count). The third kappa shape index (κ3) is 10.7. The van der Waals surface area contributed by atoms with Crippen LogP contribution in [0.15, 0.2) is 328 Å². The molecule has 0 bridgehead atoms. The fraction of sp³-hybridized carbons (Fsp3) is 0. The Bertz CT molecular complexity index is 3530. The van der Waals surface area contributed by atoms with E-state index < -0.39 is 0 Å². The molecule has 5 nitrogen and oxygen atoms in total. The molecule has 0 unspecified atom stereocenters. The summed E-state index contributed by atoms with van der Waals surface area (Å²) in [7, 11) is 0. The molecule has 0 aliphatic carbocycles. The van der Waals surface area contributed by atoms with Crippen molar-refractivity contribution in [2.45, 2.75) is 0 Å². The van der Waals surface area contributed by atoms with Crippen molar-refractivity contribution in [1.29, 1.82) is 0 Å². The average molecular weight is 995 g/mol. The Kier molecular flexibility index (Phi) is 13.2.